The summed E-state index contributed by atoms with van der Waals surface area (Å²) in [4.78, 5) is 21.2. The normalized spacial score (nSPS) is 9.85. The highest BCUT2D eigenvalue weighted by atomic mass is 16.7. The van der Waals surface area contributed by atoms with Crippen LogP contribution in [0.15, 0.2) is 0 Å². The summed E-state index contributed by atoms with van der Waals surface area (Å²) in [6, 6.07) is 0. The van der Waals surface area contributed by atoms with E-state index >= 15 is 0 Å². The molecule has 0 spiro atoms. The van der Waals surface area contributed by atoms with Gasteiger partial charge in [0.25, 0.3) is 0 Å². The topological polar surface area (TPSA) is 52.6 Å². The Morgan fingerprint density at radius 2 is 1.85 bits per heavy atom. The Balaban J connectivity index is 3.35. The Hall–Kier alpha value is -1.06. The van der Waals surface area contributed by atoms with E-state index in [1.807, 2.05) is 13.8 Å². The molecule has 0 aromatic carbocycles. The van der Waals surface area contributed by atoms with E-state index in [4.69, 9.17) is 0 Å². The van der Waals surface area contributed by atoms with E-state index in [0.717, 1.165) is 6.42 Å². The molecular weight excluding hydrogens is 172 g/mol. The van der Waals surface area contributed by atoms with Crippen LogP contribution in [0.3, 0.4) is 0 Å². The van der Waals surface area contributed by atoms with Crippen molar-refractivity contribution >= 4 is 11.9 Å². The number of carbonyl (C=O) groups is 2. The van der Waals surface area contributed by atoms with Gasteiger partial charge in [0.1, 0.15) is 0 Å². The summed E-state index contributed by atoms with van der Waals surface area (Å²) in [5, 5.41) is 0. The van der Waals surface area contributed by atoms with Crippen LogP contribution >= 0.6 is 0 Å². The zero-order valence-corrected chi connectivity index (χ0v) is 8.33. The molecule has 0 aliphatic carbocycles. The van der Waals surface area contributed by atoms with Crippen LogP contribution in [0.25, 0.3) is 0 Å². The molecule has 0 atom stereocenters. The van der Waals surface area contributed by atoms with Crippen molar-refractivity contribution in [2.75, 3.05) is 6.79 Å². The van der Waals surface area contributed by atoms with E-state index in [-0.39, 0.29) is 12.8 Å². The van der Waals surface area contributed by atoms with Gasteiger partial charge >= 0.3 is 11.9 Å². The van der Waals surface area contributed by atoms with Gasteiger partial charge in [0.2, 0.25) is 6.79 Å². The molecule has 0 bridgehead atoms. The molecule has 0 radical (unpaired) electrons. The summed E-state index contributed by atoms with van der Waals surface area (Å²) in [7, 11) is 0. The van der Waals surface area contributed by atoms with Gasteiger partial charge in [0, 0.05) is 13.3 Å². The van der Waals surface area contributed by atoms with Gasteiger partial charge in [-0.2, -0.15) is 0 Å². The Bertz CT molecular complexity index is 174. The highest BCUT2D eigenvalue weighted by molar-refractivity contribution is 5.69. The molecule has 0 heterocycles. The lowest BCUT2D eigenvalue weighted by molar-refractivity contribution is -0.165. The predicted molar refractivity (Wildman–Crippen MR) is 46.8 cm³/mol. The van der Waals surface area contributed by atoms with E-state index in [9.17, 15) is 9.59 Å². The second-order valence-electron chi connectivity index (χ2n) is 3.20. The van der Waals surface area contributed by atoms with E-state index in [1.165, 1.54) is 6.92 Å². The SMILES string of the molecule is CC(=O)OCOC(=O)CCC(C)C. The Labute approximate surface area is 78.2 Å². The molecule has 0 amide bonds. The second-order valence-corrected chi connectivity index (χ2v) is 3.20. The Morgan fingerprint density at radius 3 is 2.31 bits per heavy atom. The molecule has 0 fully saturated rings. The number of esters is 2. The molecule has 76 valence electrons. The predicted octanol–water partition coefficient (Wildman–Crippen LogP) is 1.49. The second kappa shape index (κ2) is 6.46. The summed E-state index contributed by atoms with van der Waals surface area (Å²) in [6.45, 7) is 5.05. The zero-order valence-electron chi connectivity index (χ0n) is 8.33. The van der Waals surface area contributed by atoms with Crippen molar-refractivity contribution in [1.29, 1.82) is 0 Å². The van der Waals surface area contributed by atoms with E-state index in [2.05, 4.69) is 9.47 Å². The standard InChI is InChI=1S/C9H16O4/c1-7(2)4-5-9(11)13-6-12-8(3)10/h7H,4-6H2,1-3H3. The van der Waals surface area contributed by atoms with Gasteiger partial charge in [-0.1, -0.05) is 13.8 Å². The first-order chi connectivity index (χ1) is 6.02. The maximum Gasteiger partial charge on any atom is 0.308 e. The summed E-state index contributed by atoms with van der Waals surface area (Å²) >= 11 is 0. The lowest BCUT2D eigenvalue weighted by Gasteiger charge is -2.05. The molecule has 0 N–H and O–H groups in total. The third-order valence-electron chi connectivity index (χ3n) is 1.41. The van der Waals surface area contributed by atoms with E-state index < -0.39 is 5.97 Å². The van der Waals surface area contributed by atoms with E-state index in [0.29, 0.717) is 12.3 Å². The number of ether oxygens (including phenoxy) is 2. The van der Waals surface area contributed by atoms with Crippen LogP contribution in [0, 0.1) is 5.92 Å². The van der Waals surface area contributed by atoms with Crippen molar-refractivity contribution in [3.05, 3.63) is 0 Å². The number of hydrogen-bond acceptors (Lipinski definition) is 4. The van der Waals surface area contributed by atoms with Crippen molar-refractivity contribution < 1.29 is 19.1 Å². The molecule has 0 saturated carbocycles. The molecule has 13 heavy (non-hydrogen) atoms. The third-order valence-corrected chi connectivity index (χ3v) is 1.41. The number of hydrogen-bond donors (Lipinski definition) is 0. The molecular formula is C9H16O4. The average molecular weight is 188 g/mol. The molecule has 4 nitrogen and oxygen atoms in total. The average Bonchev–Trinajstić information content (AvgIpc) is 2.00. The fraction of sp³-hybridized carbons (Fsp3) is 0.778. The van der Waals surface area contributed by atoms with Crippen LogP contribution in [0.2, 0.25) is 0 Å². The maximum absolute atomic E-state index is 10.9. The van der Waals surface area contributed by atoms with Crippen LogP contribution in [0.1, 0.15) is 33.6 Å². The number of rotatable bonds is 5. The van der Waals surface area contributed by atoms with Gasteiger partial charge in [-0.05, 0) is 12.3 Å². The van der Waals surface area contributed by atoms with Crippen molar-refractivity contribution in [3.8, 4) is 0 Å². The molecule has 4 heteroatoms. The van der Waals surface area contributed by atoms with Crippen LogP contribution in [-0.4, -0.2) is 18.7 Å². The first-order valence-electron chi connectivity index (χ1n) is 4.31. The summed E-state index contributed by atoms with van der Waals surface area (Å²) in [5.41, 5.74) is 0. The van der Waals surface area contributed by atoms with Crippen LogP contribution in [0.5, 0.6) is 0 Å². The van der Waals surface area contributed by atoms with Crippen LogP contribution < -0.4 is 0 Å². The quantitative estimate of drug-likeness (QED) is 0.484. The lowest BCUT2D eigenvalue weighted by Crippen LogP contribution is -2.11. The highest BCUT2D eigenvalue weighted by Gasteiger charge is 2.04. The van der Waals surface area contributed by atoms with Gasteiger partial charge in [-0.3, -0.25) is 9.59 Å². The van der Waals surface area contributed by atoms with Gasteiger partial charge in [-0.25, -0.2) is 0 Å². The van der Waals surface area contributed by atoms with Crippen molar-refractivity contribution in [3.63, 3.8) is 0 Å². The minimum absolute atomic E-state index is 0.272. The zero-order chi connectivity index (χ0) is 10.3. The molecule has 0 unspecified atom stereocenters. The maximum atomic E-state index is 10.9. The minimum Gasteiger partial charge on any atom is -0.428 e. The Morgan fingerprint density at radius 1 is 1.23 bits per heavy atom. The van der Waals surface area contributed by atoms with Crippen LogP contribution in [-0.2, 0) is 19.1 Å². The first-order valence-corrected chi connectivity index (χ1v) is 4.31. The molecule has 0 rings (SSSR count). The molecule has 0 saturated heterocycles. The number of carbonyl (C=O) groups excluding carboxylic acids is 2. The summed E-state index contributed by atoms with van der Waals surface area (Å²) in [6.07, 6.45) is 1.16. The molecule has 0 aromatic heterocycles. The Kier molecular flexibility index (Phi) is 5.93. The molecule has 0 aliphatic heterocycles. The molecule has 0 aliphatic rings. The molecule has 0 aromatic rings. The first kappa shape index (κ1) is 11.9. The fourth-order valence-corrected chi connectivity index (χ4v) is 0.657. The van der Waals surface area contributed by atoms with Gasteiger partial charge in [0.05, 0.1) is 0 Å². The third kappa shape index (κ3) is 8.85. The van der Waals surface area contributed by atoms with Crippen molar-refractivity contribution in [2.45, 2.75) is 33.6 Å². The van der Waals surface area contributed by atoms with E-state index in [1.54, 1.807) is 0 Å². The lowest BCUT2D eigenvalue weighted by atomic mass is 10.1. The van der Waals surface area contributed by atoms with Crippen molar-refractivity contribution in [1.82, 2.24) is 0 Å². The smallest absolute Gasteiger partial charge is 0.308 e. The highest BCUT2D eigenvalue weighted by Crippen LogP contribution is 2.04. The largest absolute Gasteiger partial charge is 0.428 e. The fourth-order valence-electron chi connectivity index (χ4n) is 0.657. The summed E-state index contributed by atoms with van der Waals surface area (Å²) in [5.74, 6) is -0.298. The van der Waals surface area contributed by atoms with Gasteiger partial charge in [-0.15, -0.1) is 0 Å². The monoisotopic (exact) mass is 188 g/mol. The minimum atomic E-state index is -0.448. The van der Waals surface area contributed by atoms with Crippen LogP contribution in [0.4, 0.5) is 0 Å². The summed E-state index contributed by atoms with van der Waals surface area (Å²) < 4.78 is 9.06. The van der Waals surface area contributed by atoms with Gasteiger partial charge < -0.3 is 9.47 Å². The van der Waals surface area contributed by atoms with Gasteiger partial charge in [0.15, 0.2) is 0 Å². The van der Waals surface area contributed by atoms with Crippen molar-refractivity contribution in [2.24, 2.45) is 5.92 Å².